The van der Waals surface area contributed by atoms with E-state index in [4.69, 9.17) is 4.74 Å². The normalized spacial score (nSPS) is 22.5. The molecular formula is C18H22N6O3. The highest BCUT2D eigenvalue weighted by Crippen LogP contribution is 2.39. The van der Waals surface area contributed by atoms with Crippen molar-refractivity contribution in [1.29, 1.82) is 0 Å². The molecule has 142 valence electrons. The number of piperidine rings is 1. The van der Waals surface area contributed by atoms with Crippen LogP contribution in [-0.2, 0) is 9.59 Å². The van der Waals surface area contributed by atoms with Gasteiger partial charge in [-0.3, -0.25) is 9.59 Å². The molecule has 1 atom stereocenters. The summed E-state index contributed by atoms with van der Waals surface area (Å²) in [6.07, 6.45) is 4.07. The van der Waals surface area contributed by atoms with Gasteiger partial charge in [0.2, 0.25) is 5.91 Å². The van der Waals surface area contributed by atoms with E-state index in [1.807, 2.05) is 19.2 Å². The Hall–Kier alpha value is -2.97. The van der Waals surface area contributed by atoms with E-state index in [-0.39, 0.29) is 18.4 Å². The Labute approximate surface area is 156 Å². The molecule has 2 fully saturated rings. The Kier molecular flexibility index (Phi) is 4.51. The molecule has 2 aliphatic heterocycles. The molecule has 2 amide bonds. The molecule has 1 aromatic heterocycles. The molecule has 0 saturated carbocycles. The van der Waals surface area contributed by atoms with Gasteiger partial charge in [-0.25, -0.2) is 4.68 Å². The molecule has 0 bridgehead atoms. The summed E-state index contributed by atoms with van der Waals surface area (Å²) in [5.74, 6) is 0.638. The number of carbonyl (C=O) groups excluding carboxylic acids is 2. The highest BCUT2D eigenvalue weighted by molar-refractivity contribution is 5.86. The van der Waals surface area contributed by atoms with Gasteiger partial charge in [0.05, 0.1) is 11.1 Å². The third-order valence-electron chi connectivity index (χ3n) is 5.45. The van der Waals surface area contributed by atoms with Gasteiger partial charge in [0.25, 0.3) is 5.91 Å². The zero-order chi connectivity index (χ0) is 18.9. The lowest BCUT2D eigenvalue weighted by Crippen LogP contribution is -2.48. The molecule has 2 aliphatic rings. The van der Waals surface area contributed by atoms with Crippen molar-refractivity contribution in [1.82, 2.24) is 30.0 Å². The number of nitrogens with zero attached hydrogens (tertiary/aromatic N) is 6. The van der Waals surface area contributed by atoms with Gasteiger partial charge < -0.3 is 14.5 Å². The average molecular weight is 370 g/mol. The molecule has 0 unspecified atom stereocenters. The quantitative estimate of drug-likeness (QED) is 0.779. The first kappa shape index (κ1) is 17.4. The molecular weight excluding hydrogens is 348 g/mol. The minimum atomic E-state index is -0.400. The van der Waals surface area contributed by atoms with Crippen LogP contribution in [0.1, 0.15) is 19.3 Å². The summed E-state index contributed by atoms with van der Waals surface area (Å²) in [6, 6.07) is 7.22. The molecule has 0 N–H and O–H groups in total. The van der Waals surface area contributed by atoms with E-state index >= 15 is 0 Å². The lowest BCUT2D eigenvalue weighted by molar-refractivity contribution is -0.144. The van der Waals surface area contributed by atoms with Gasteiger partial charge in [0.15, 0.2) is 6.61 Å². The molecule has 27 heavy (non-hydrogen) atoms. The first-order valence-corrected chi connectivity index (χ1v) is 9.07. The van der Waals surface area contributed by atoms with Crippen LogP contribution in [0, 0.1) is 5.41 Å². The number of rotatable bonds is 4. The Balaban J connectivity index is 1.37. The summed E-state index contributed by atoms with van der Waals surface area (Å²) in [4.78, 5) is 28.7. The second-order valence-corrected chi connectivity index (χ2v) is 7.22. The summed E-state index contributed by atoms with van der Waals surface area (Å²) >= 11 is 0. The predicted molar refractivity (Wildman–Crippen MR) is 95.2 cm³/mol. The summed E-state index contributed by atoms with van der Waals surface area (Å²) in [5, 5.41) is 11.1. The van der Waals surface area contributed by atoms with E-state index in [0.29, 0.717) is 18.8 Å². The van der Waals surface area contributed by atoms with Crippen molar-refractivity contribution in [2.24, 2.45) is 5.41 Å². The number of hydrogen-bond acceptors (Lipinski definition) is 6. The van der Waals surface area contributed by atoms with Crippen molar-refractivity contribution in [3.8, 4) is 11.4 Å². The Morgan fingerprint density at radius 3 is 3.00 bits per heavy atom. The topological polar surface area (TPSA) is 93.4 Å². The van der Waals surface area contributed by atoms with Crippen LogP contribution in [0.5, 0.6) is 5.75 Å². The first-order chi connectivity index (χ1) is 13.1. The molecule has 9 heteroatoms. The lowest BCUT2D eigenvalue weighted by Gasteiger charge is -2.37. The fraction of sp³-hybridized carbons (Fsp3) is 0.500. The number of likely N-dealkylation sites (tertiary alicyclic amines) is 2. The predicted octanol–water partition coefficient (Wildman–Crippen LogP) is 0.512. The van der Waals surface area contributed by atoms with Crippen LogP contribution < -0.4 is 4.74 Å². The van der Waals surface area contributed by atoms with Crippen LogP contribution in [-0.4, -0.2) is 75.1 Å². The number of ether oxygens (including phenoxy) is 1. The molecule has 1 spiro atoms. The van der Waals surface area contributed by atoms with E-state index in [1.165, 1.54) is 11.0 Å². The van der Waals surface area contributed by atoms with Crippen molar-refractivity contribution < 1.29 is 14.3 Å². The van der Waals surface area contributed by atoms with Crippen LogP contribution in [0.2, 0.25) is 0 Å². The Morgan fingerprint density at radius 1 is 1.30 bits per heavy atom. The lowest BCUT2D eigenvalue weighted by atomic mass is 9.78. The van der Waals surface area contributed by atoms with E-state index < -0.39 is 5.41 Å². The highest BCUT2D eigenvalue weighted by Gasteiger charge is 2.48. The van der Waals surface area contributed by atoms with Gasteiger partial charge in [0, 0.05) is 32.7 Å². The molecule has 1 aromatic carbocycles. The average Bonchev–Trinajstić information content (AvgIpc) is 3.35. The number of hydrogen-bond donors (Lipinski definition) is 0. The zero-order valence-electron chi connectivity index (χ0n) is 15.2. The Bertz CT molecular complexity index is 839. The van der Waals surface area contributed by atoms with E-state index in [2.05, 4.69) is 15.5 Å². The molecule has 0 radical (unpaired) electrons. The van der Waals surface area contributed by atoms with Gasteiger partial charge in [-0.2, -0.15) is 0 Å². The Morgan fingerprint density at radius 2 is 2.19 bits per heavy atom. The molecule has 0 aliphatic carbocycles. The van der Waals surface area contributed by atoms with Crippen LogP contribution in [0.15, 0.2) is 30.6 Å². The van der Waals surface area contributed by atoms with Crippen molar-refractivity contribution in [2.45, 2.75) is 19.3 Å². The maximum atomic E-state index is 12.6. The number of carbonyl (C=O) groups is 2. The molecule has 4 rings (SSSR count). The standard InChI is InChI=1S/C18H22N6O3/c1-22-8-3-6-18(17(22)26)7-9-23(12-18)16(25)11-27-15-5-2-4-14(10-15)24-13-19-20-21-24/h2,4-5,10,13H,3,6-9,11-12H2,1H3/t18-/m0/s1. The summed E-state index contributed by atoms with van der Waals surface area (Å²) < 4.78 is 7.19. The van der Waals surface area contributed by atoms with Gasteiger partial charge in [-0.05, 0) is 41.8 Å². The van der Waals surface area contributed by atoms with Crippen molar-refractivity contribution in [3.05, 3.63) is 30.6 Å². The highest BCUT2D eigenvalue weighted by atomic mass is 16.5. The van der Waals surface area contributed by atoms with Crippen molar-refractivity contribution >= 4 is 11.8 Å². The number of amides is 2. The fourth-order valence-electron chi connectivity index (χ4n) is 3.96. The second-order valence-electron chi connectivity index (χ2n) is 7.22. The maximum absolute atomic E-state index is 12.6. The van der Waals surface area contributed by atoms with Crippen molar-refractivity contribution in [2.75, 3.05) is 33.3 Å². The SMILES string of the molecule is CN1CCC[C@@]2(CCN(C(=O)COc3cccc(-n4cnnn4)c3)C2)C1=O. The van der Waals surface area contributed by atoms with Crippen LogP contribution >= 0.6 is 0 Å². The number of tetrazole rings is 1. The smallest absolute Gasteiger partial charge is 0.260 e. The van der Waals surface area contributed by atoms with Crippen LogP contribution in [0.25, 0.3) is 5.69 Å². The largest absolute Gasteiger partial charge is 0.484 e. The van der Waals surface area contributed by atoms with Gasteiger partial charge in [0.1, 0.15) is 12.1 Å². The number of aromatic nitrogens is 4. The van der Waals surface area contributed by atoms with Gasteiger partial charge >= 0.3 is 0 Å². The molecule has 3 heterocycles. The molecule has 2 aromatic rings. The van der Waals surface area contributed by atoms with Crippen LogP contribution in [0.4, 0.5) is 0 Å². The van der Waals surface area contributed by atoms with E-state index in [9.17, 15) is 9.59 Å². The minimum Gasteiger partial charge on any atom is -0.484 e. The second kappa shape index (κ2) is 6.98. The summed E-state index contributed by atoms with van der Waals surface area (Å²) in [6.45, 7) is 1.84. The molecule has 9 nitrogen and oxygen atoms in total. The third-order valence-corrected chi connectivity index (χ3v) is 5.45. The third kappa shape index (κ3) is 3.36. The fourth-order valence-corrected chi connectivity index (χ4v) is 3.96. The van der Waals surface area contributed by atoms with E-state index in [0.717, 1.165) is 31.5 Å². The zero-order valence-corrected chi connectivity index (χ0v) is 15.2. The maximum Gasteiger partial charge on any atom is 0.260 e. The summed E-state index contributed by atoms with van der Waals surface area (Å²) in [5.41, 5.74) is 0.351. The van der Waals surface area contributed by atoms with Crippen molar-refractivity contribution in [3.63, 3.8) is 0 Å². The van der Waals surface area contributed by atoms with E-state index in [1.54, 1.807) is 21.9 Å². The van der Waals surface area contributed by atoms with Gasteiger partial charge in [-0.1, -0.05) is 6.07 Å². The number of benzene rings is 1. The van der Waals surface area contributed by atoms with Crippen LogP contribution in [0.3, 0.4) is 0 Å². The minimum absolute atomic E-state index is 0.0564. The van der Waals surface area contributed by atoms with Gasteiger partial charge in [-0.15, -0.1) is 5.10 Å². The first-order valence-electron chi connectivity index (χ1n) is 9.07. The summed E-state index contributed by atoms with van der Waals surface area (Å²) in [7, 11) is 1.84. The molecule has 2 saturated heterocycles. The monoisotopic (exact) mass is 370 g/mol.